The predicted molar refractivity (Wildman–Crippen MR) is 94.5 cm³/mol. The van der Waals surface area contributed by atoms with Gasteiger partial charge in [0.2, 0.25) is 5.95 Å². The van der Waals surface area contributed by atoms with Crippen LogP contribution in [0.1, 0.15) is 53.4 Å². The van der Waals surface area contributed by atoms with Gasteiger partial charge in [0.05, 0.1) is 31.5 Å². The zero-order valence-corrected chi connectivity index (χ0v) is 16.0. The summed E-state index contributed by atoms with van der Waals surface area (Å²) in [5.41, 5.74) is 0.406. The largest absolute Gasteiger partial charge is 0.374 e. The number of anilines is 1. The van der Waals surface area contributed by atoms with E-state index in [4.69, 9.17) is 9.47 Å². The van der Waals surface area contributed by atoms with Gasteiger partial charge < -0.3 is 14.4 Å². The maximum absolute atomic E-state index is 6.30. The van der Waals surface area contributed by atoms with Crippen molar-refractivity contribution < 1.29 is 9.47 Å². The van der Waals surface area contributed by atoms with Crippen LogP contribution in [0.4, 0.5) is 5.95 Å². The van der Waals surface area contributed by atoms with Crippen molar-refractivity contribution >= 4 is 5.95 Å². The highest BCUT2D eigenvalue weighted by Gasteiger charge is 2.48. The molecular weight excluding hydrogens is 318 g/mol. The van der Waals surface area contributed by atoms with Gasteiger partial charge in [0.15, 0.2) is 0 Å². The maximum atomic E-state index is 6.30. The molecule has 0 amide bonds. The number of ether oxygens (including phenoxy) is 2. The summed E-state index contributed by atoms with van der Waals surface area (Å²) in [6.45, 7) is 13.0. The number of fused-ring (bicyclic) bond motifs is 3. The Morgan fingerprint density at radius 1 is 1.20 bits per heavy atom. The third kappa shape index (κ3) is 3.28. The van der Waals surface area contributed by atoms with Gasteiger partial charge in [-0.3, -0.25) is 0 Å². The van der Waals surface area contributed by atoms with Gasteiger partial charge >= 0.3 is 0 Å². The van der Waals surface area contributed by atoms with Gasteiger partial charge in [0, 0.05) is 13.1 Å². The molecule has 25 heavy (non-hydrogen) atoms. The van der Waals surface area contributed by atoms with Crippen LogP contribution in [0, 0.1) is 10.8 Å². The minimum absolute atomic E-state index is 0.0857. The van der Waals surface area contributed by atoms with Crippen LogP contribution in [-0.2, 0) is 16.0 Å². The van der Waals surface area contributed by atoms with Crippen molar-refractivity contribution in [2.75, 3.05) is 31.2 Å². The standard InChI is InChI=1S/C18H31N5O2/c1-16(2,3)14-11-22(9-10-24-14)15-19-20-21-23(15)12-18-7-5-17(4,6-8-18)13-25-18/h14H,5-13H2,1-4H3. The van der Waals surface area contributed by atoms with E-state index in [9.17, 15) is 0 Å². The van der Waals surface area contributed by atoms with Gasteiger partial charge in [-0.2, -0.15) is 0 Å². The zero-order chi connectivity index (χ0) is 17.7. The molecule has 1 aromatic heterocycles. The monoisotopic (exact) mass is 349 g/mol. The van der Waals surface area contributed by atoms with Crippen LogP contribution in [0.15, 0.2) is 0 Å². The smallest absolute Gasteiger partial charge is 0.245 e. The quantitative estimate of drug-likeness (QED) is 0.834. The number of morpholine rings is 1. The van der Waals surface area contributed by atoms with Crippen molar-refractivity contribution in [3.8, 4) is 0 Å². The van der Waals surface area contributed by atoms with Gasteiger partial charge in [-0.1, -0.05) is 32.8 Å². The summed E-state index contributed by atoms with van der Waals surface area (Å²) < 4.78 is 14.2. The Labute approximate surface area is 150 Å². The lowest BCUT2D eigenvalue weighted by Crippen LogP contribution is -2.53. The number of rotatable bonds is 3. The number of hydrogen-bond donors (Lipinski definition) is 0. The van der Waals surface area contributed by atoms with Crippen LogP contribution in [0.25, 0.3) is 0 Å². The Bertz CT molecular complexity index is 599. The summed E-state index contributed by atoms with van der Waals surface area (Å²) in [4.78, 5) is 2.27. The molecule has 4 fully saturated rings. The molecule has 2 bridgehead atoms. The first kappa shape index (κ1) is 17.2. The minimum atomic E-state index is -0.0857. The van der Waals surface area contributed by atoms with Gasteiger partial charge in [-0.15, -0.1) is 0 Å². The molecule has 5 rings (SSSR count). The molecule has 140 valence electrons. The van der Waals surface area contributed by atoms with E-state index >= 15 is 0 Å². The van der Waals surface area contributed by atoms with Crippen LogP contribution in [0.3, 0.4) is 0 Å². The van der Waals surface area contributed by atoms with Gasteiger partial charge in [-0.25, -0.2) is 4.68 Å². The molecule has 0 N–H and O–H groups in total. The first-order valence-electron chi connectivity index (χ1n) is 9.55. The summed E-state index contributed by atoms with van der Waals surface area (Å²) in [5, 5.41) is 12.6. The molecule has 1 saturated carbocycles. The Kier molecular flexibility index (Phi) is 4.07. The van der Waals surface area contributed by atoms with E-state index in [0.29, 0.717) is 5.41 Å². The predicted octanol–water partition coefficient (Wildman–Crippen LogP) is 2.27. The molecule has 1 atom stereocenters. The molecule has 1 aromatic rings. The van der Waals surface area contributed by atoms with Crippen LogP contribution in [0.2, 0.25) is 0 Å². The summed E-state index contributed by atoms with van der Waals surface area (Å²) in [6, 6.07) is 0. The number of hydrogen-bond acceptors (Lipinski definition) is 6. The molecule has 4 heterocycles. The maximum Gasteiger partial charge on any atom is 0.245 e. The highest BCUT2D eigenvalue weighted by atomic mass is 16.5. The summed E-state index contributed by atoms with van der Waals surface area (Å²) in [7, 11) is 0. The molecular formula is C18H31N5O2. The minimum Gasteiger partial charge on any atom is -0.374 e. The Hall–Kier alpha value is -1.21. The first-order valence-corrected chi connectivity index (χ1v) is 9.55. The van der Waals surface area contributed by atoms with Crippen molar-refractivity contribution in [2.45, 2.75) is 71.6 Å². The van der Waals surface area contributed by atoms with Crippen molar-refractivity contribution in [3.05, 3.63) is 0 Å². The lowest BCUT2D eigenvalue weighted by molar-refractivity contribution is -0.185. The molecule has 3 saturated heterocycles. The fraction of sp³-hybridized carbons (Fsp3) is 0.944. The molecule has 0 radical (unpaired) electrons. The van der Waals surface area contributed by atoms with Gasteiger partial charge in [0.25, 0.3) is 0 Å². The van der Waals surface area contributed by atoms with Crippen molar-refractivity contribution in [1.82, 2.24) is 20.2 Å². The summed E-state index contributed by atoms with van der Waals surface area (Å²) >= 11 is 0. The van der Waals surface area contributed by atoms with Crippen molar-refractivity contribution in [1.29, 1.82) is 0 Å². The van der Waals surface area contributed by atoms with E-state index in [2.05, 4.69) is 48.1 Å². The van der Waals surface area contributed by atoms with Crippen molar-refractivity contribution in [2.24, 2.45) is 10.8 Å². The fourth-order valence-electron chi connectivity index (χ4n) is 4.29. The van der Waals surface area contributed by atoms with E-state index < -0.39 is 0 Å². The van der Waals surface area contributed by atoms with E-state index in [1.165, 1.54) is 12.8 Å². The average molecular weight is 349 g/mol. The summed E-state index contributed by atoms with van der Waals surface area (Å²) in [6.07, 6.45) is 4.89. The van der Waals surface area contributed by atoms with E-state index in [-0.39, 0.29) is 17.1 Å². The fourth-order valence-corrected chi connectivity index (χ4v) is 4.29. The normalized spacial score (nSPS) is 36.0. The molecule has 1 aliphatic carbocycles. The zero-order valence-electron chi connectivity index (χ0n) is 16.0. The van der Waals surface area contributed by atoms with Crippen LogP contribution in [-0.4, -0.2) is 58.2 Å². The second-order valence-electron chi connectivity index (χ2n) is 9.59. The Morgan fingerprint density at radius 3 is 2.60 bits per heavy atom. The lowest BCUT2D eigenvalue weighted by Gasteiger charge is -2.51. The van der Waals surface area contributed by atoms with E-state index in [0.717, 1.165) is 51.6 Å². The number of aromatic nitrogens is 4. The van der Waals surface area contributed by atoms with Crippen molar-refractivity contribution in [3.63, 3.8) is 0 Å². The SMILES string of the molecule is CC12CCC(Cn3nnnc3N3CCOC(C(C)(C)C)C3)(CC1)OC2. The third-order valence-electron chi connectivity index (χ3n) is 6.36. The first-order chi connectivity index (χ1) is 11.8. The summed E-state index contributed by atoms with van der Waals surface area (Å²) in [5.74, 6) is 0.856. The van der Waals surface area contributed by atoms with Crippen LogP contribution >= 0.6 is 0 Å². The van der Waals surface area contributed by atoms with Crippen LogP contribution in [0.5, 0.6) is 0 Å². The van der Waals surface area contributed by atoms with Crippen LogP contribution < -0.4 is 4.90 Å². The Morgan fingerprint density at radius 2 is 1.96 bits per heavy atom. The molecule has 4 aliphatic rings. The molecule has 7 nitrogen and oxygen atoms in total. The highest BCUT2D eigenvalue weighted by molar-refractivity contribution is 5.29. The number of nitrogens with zero attached hydrogens (tertiary/aromatic N) is 5. The van der Waals surface area contributed by atoms with Gasteiger partial charge in [-0.05, 0) is 46.9 Å². The second kappa shape index (κ2) is 5.91. The highest BCUT2D eigenvalue weighted by Crippen LogP contribution is 2.49. The Balaban J connectivity index is 1.49. The molecule has 0 spiro atoms. The molecule has 3 aliphatic heterocycles. The van der Waals surface area contributed by atoms with Gasteiger partial charge in [0.1, 0.15) is 0 Å². The third-order valence-corrected chi connectivity index (χ3v) is 6.36. The van der Waals surface area contributed by atoms with E-state index in [1.54, 1.807) is 0 Å². The lowest BCUT2D eigenvalue weighted by atomic mass is 9.67. The average Bonchev–Trinajstić information content (AvgIpc) is 3.04. The number of tetrazole rings is 1. The molecule has 0 aromatic carbocycles. The molecule has 1 unspecified atom stereocenters. The topological polar surface area (TPSA) is 65.3 Å². The second-order valence-corrected chi connectivity index (χ2v) is 9.59. The van der Waals surface area contributed by atoms with E-state index in [1.807, 2.05) is 4.68 Å². The molecule has 7 heteroatoms.